The van der Waals surface area contributed by atoms with E-state index in [4.69, 9.17) is 0 Å². The molecular weight excluding hydrogens is 138 g/mol. The molecule has 2 aromatic heterocycles. The Balaban J connectivity index is 2.86. The van der Waals surface area contributed by atoms with Crippen molar-refractivity contribution in [3.8, 4) is 5.75 Å². The van der Waals surface area contributed by atoms with Gasteiger partial charge in [0, 0.05) is 29.5 Å². The molecular formula is C9H9NO. The predicted octanol–water partition coefficient (Wildman–Crippen LogP) is 1.95. The van der Waals surface area contributed by atoms with E-state index in [9.17, 15) is 5.11 Å². The number of aromatic nitrogens is 1. The molecule has 2 rings (SSSR count). The molecule has 0 aliphatic heterocycles. The van der Waals surface area contributed by atoms with Gasteiger partial charge in [-0.2, -0.15) is 0 Å². The molecule has 0 aliphatic rings. The molecule has 0 saturated heterocycles. The van der Waals surface area contributed by atoms with E-state index in [0.29, 0.717) is 5.75 Å². The number of aryl methyl sites for hydroxylation is 1. The van der Waals surface area contributed by atoms with E-state index in [0.717, 1.165) is 11.1 Å². The molecule has 0 aliphatic carbocycles. The summed E-state index contributed by atoms with van der Waals surface area (Å²) in [6.45, 7) is 1.88. The lowest BCUT2D eigenvalue weighted by molar-refractivity contribution is 0.471. The first kappa shape index (κ1) is 6.28. The lowest BCUT2D eigenvalue weighted by Gasteiger charge is -1.99. The number of fused-ring (bicyclic) bond motifs is 1. The Labute approximate surface area is 64.7 Å². The second-order valence-corrected chi connectivity index (χ2v) is 2.68. The molecule has 56 valence electrons. The first-order chi connectivity index (χ1) is 5.27. The van der Waals surface area contributed by atoms with E-state index in [2.05, 4.69) is 0 Å². The molecule has 1 N–H and O–H groups in total. The van der Waals surface area contributed by atoms with E-state index in [1.165, 1.54) is 0 Å². The van der Waals surface area contributed by atoms with Crippen LogP contribution in [0.1, 0.15) is 5.56 Å². The van der Waals surface area contributed by atoms with Gasteiger partial charge < -0.3 is 9.51 Å². The van der Waals surface area contributed by atoms with Crippen LogP contribution in [0.5, 0.6) is 5.75 Å². The van der Waals surface area contributed by atoms with E-state index in [1.807, 2.05) is 35.9 Å². The minimum atomic E-state index is 0.358. The molecule has 0 amide bonds. The smallest absolute Gasteiger partial charge is 0.122 e. The summed E-state index contributed by atoms with van der Waals surface area (Å²) in [4.78, 5) is 0. The highest BCUT2D eigenvalue weighted by atomic mass is 16.3. The van der Waals surface area contributed by atoms with Crippen LogP contribution in [0.2, 0.25) is 0 Å². The van der Waals surface area contributed by atoms with Crippen molar-refractivity contribution in [2.45, 2.75) is 6.92 Å². The molecule has 0 atom stereocenters. The van der Waals surface area contributed by atoms with Crippen LogP contribution in [0.15, 0.2) is 30.6 Å². The van der Waals surface area contributed by atoms with Crippen molar-refractivity contribution in [2.75, 3.05) is 0 Å². The minimum Gasteiger partial charge on any atom is -0.508 e. The number of rotatable bonds is 0. The van der Waals surface area contributed by atoms with Crippen LogP contribution in [-0.2, 0) is 0 Å². The number of pyridine rings is 1. The molecule has 0 saturated carbocycles. The molecule has 2 aromatic rings. The summed E-state index contributed by atoms with van der Waals surface area (Å²) in [5.74, 6) is 0.358. The fourth-order valence-corrected chi connectivity index (χ4v) is 1.18. The van der Waals surface area contributed by atoms with Gasteiger partial charge in [0.1, 0.15) is 5.75 Å². The van der Waals surface area contributed by atoms with Gasteiger partial charge in [-0.1, -0.05) is 0 Å². The zero-order chi connectivity index (χ0) is 7.84. The molecule has 0 spiro atoms. The molecule has 0 aromatic carbocycles. The third kappa shape index (κ3) is 0.871. The van der Waals surface area contributed by atoms with Crippen molar-refractivity contribution in [3.63, 3.8) is 0 Å². The van der Waals surface area contributed by atoms with Crippen LogP contribution in [0.4, 0.5) is 0 Å². The largest absolute Gasteiger partial charge is 0.508 e. The van der Waals surface area contributed by atoms with Crippen LogP contribution >= 0.6 is 0 Å². The predicted molar refractivity (Wildman–Crippen MR) is 43.8 cm³/mol. The fourth-order valence-electron chi connectivity index (χ4n) is 1.18. The van der Waals surface area contributed by atoms with Crippen molar-refractivity contribution < 1.29 is 5.11 Å². The number of hydrogen-bond acceptors (Lipinski definition) is 1. The van der Waals surface area contributed by atoms with Gasteiger partial charge in [0.25, 0.3) is 0 Å². The van der Waals surface area contributed by atoms with Crippen molar-refractivity contribution in [1.82, 2.24) is 4.40 Å². The quantitative estimate of drug-likeness (QED) is 0.605. The lowest BCUT2D eigenvalue weighted by Crippen LogP contribution is -1.83. The van der Waals surface area contributed by atoms with Crippen molar-refractivity contribution in [2.24, 2.45) is 0 Å². The SMILES string of the molecule is Cc1cn2cccc2cc1O. The fraction of sp³-hybridized carbons (Fsp3) is 0.111. The second kappa shape index (κ2) is 2.02. The van der Waals surface area contributed by atoms with Gasteiger partial charge in [-0.3, -0.25) is 0 Å². The Hall–Kier alpha value is -1.44. The zero-order valence-corrected chi connectivity index (χ0v) is 6.28. The van der Waals surface area contributed by atoms with Crippen LogP contribution < -0.4 is 0 Å². The highest BCUT2D eigenvalue weighted by Gasteiger charge is 1.97. The van der Waals surface area contributed by atoms with Crippen LogP contribution in [0, 0.1) is 6.92 Å². The number of hydrogen-bond donors (Lipinski definition) is 1. The standard InChI is InChI=1S/C9H9NO/c1-7-6-10-4-2-3-8(10)5-9(7)11/h2-6,11H,1H3. The topological polar surface area (TPSA) is 24.6 Å². The third-order valence-electron chi connectivity index (χ3n) is 1.83. The number of aromatic hydroxyl groups is 1. The zero-order valence-electron chi connectivity index (χ0n) is 6.28. The van der Waals surface area contributed by atoms with Gasteiger partial charge in [-0.15, -0.1) is 0 Å². The molecule has 11 heavy (non-hydrogen) atoms. The van der Waals surface area contributed by atoms with Gasteiger partial charge in [0.05, 0.1) is 0 Å². The summed E-state index contributed by atoms with van der Waals surface area (Å²) in [5, 5.41) is 9.32. The summed E-state index contributed by atoms with van der Waals surface area (Å²) in [7, 11) is 0. The Morgan fingerprint density at radius 2 is 2.27 bits per heavy atom. The first-order valence-corrected chi connectivity index (χ1v) is 3.53. The normalized spacial score (nSPS) is 10.6. The summed E-state index contributed by atoms with van der Waals surface area (Å²) < 4.78 is 1.98. The highest BCUT2D eigenvalue weighted by molar-refractivity contribution is 5.53. The average Bonchev–Trinajstić information content (AvgIpc) is 2.36. The summed E-state index contributed by atoms with van der Waals surface area (Å²) in [5.41, 5.74) is 1.92. The Bertz CT molecular complexity index is 353. The summed E-state index contributed by atoms with van der Waals surface area (Å²) in [6, 6.07) is 5.67. The van der Waals surface area contributed by atoms with E-state index < -0.39 is 0 Å². The Kier molecular flexibility index (Phi) is 1.15. The van der Waals surface area contributed by atoms with Gasteiger partial charge in [0.2, 0.25) is 0 Å². The average molecular weight is 147 g/mol. The molecule has 0 fully saturated rings. The van der Waals surface area contributed by atoms with Crippen LogP contribution in [-0.4, -0.2) is 9.51 Å². The maximum absolute atomic E-state index is 9.32. The number of nitrogens with zero attached hydrogens (tertiary/aromatic N) is 1. The molecule has 0 unspecified atom stereocenters. The third-order valence-corrected chi connectivity index (χ3v) is 1.83. The Morgan fingerprint density at radius 1 is 1.45 bits per heavy atom. The van der Waals surface area contributed by atoms with Gasteiger partial charge >= 0.3 is 0 Å². The molecule has 0 radical (unpaired) electrons. The van der Waals surface area contributed by atoms with Crippen molar-refractivity contribution in [3.05, 3.63) is 36.2 Å². The monoisotopic (exact) mass is 147 g/mol. The van der Waals surface area contributed by atoms with E-state index in [1.54, 1.807) is 6.07 Å². The van der Waals surface area contributed by atoms with Crippen molar-refractivity contribution in [1.29, 1.82) is 0 Å². The van der Waals surface area contributed by atoms with Gasteiger partial charge in [-0.05, 0) is 19.1 Å². The maximum Gasteiger partial charge on any atom is 0.122 e. The maximum atomic E-state index is 9.32. The highest BCUT2D eigenvalue weighted by Crippen LogP contribution is 2.18. The van der Waals surface area contributed by atoms with E-state index in [-0.39, 0.29) is 0 Å². The second-order valence-electron chi connectivity index (χ2n) is 2.68. The molecule has 2 heteroatoms. The summed E-state index contributed by atoms with van der Waals surface area (Å²) in [6.07, 6.45) is 3.87. The molecule has 0 bridgehead atoms. The molecule has 2 nitrogen and oxygen atoms in total. The Morgan fingerprint density at radius 3 is 3.09 bits per heavy atom. The minimum absolute atomic E-state index is 0.358. The van der Waals surface area contributed by atoms with Gasteiger partial charge in [0.15, 0.2) is 0 Å². The van der Waals surface area contributed by atoms with Crippen LogP contribution in [0.25, 0.3) is 5.52 Å². The van der Waals surface area contributed by atoms with Gasteiger partial charge in [-0.25, -0.2) is 0 Å². The first-order valence-electron chi connectivity index (χ1n) is 3.53. The van der Waals surface area contributed by atoms with Crippen molar-refractivity contribution >= 4 is 5.52 Å². The summed E-state index contributed by atoms with van der Waals surface area (Å²) >= 11 is 0. The molecule has 2 heterocycles. The van der Waals surface area contributed by atoms with Crippen LogP contribution in [0.3, 0.4) is 0 Å². The lowest BCUT2D eigenvalue weighted by atomic mass is 10.3. The van der Waals surface area contributed by atoms with E-state index >= 15 is 0 Å².